The SMILES string of the molecule is CCOc1ccc(OCC)c([Si](OC)(OC)C(C)(C)C)c1. The van der Waals surface area contributed by atoms with Gasteiger partial charge in [0, 0.05) is 24.4 Å². The average Bonchev–Trinajstić information content (AvgIpc) is 2.42. The summed E-state index contributed by atoms with van der Waals surface area (Å²) in [5, 5.41) is 0.834. The third kappa shape index (κ3) is 3.59. The fraction of sp³-hybridized carbons (Fsp3) is 0.625. The molecule has 0 atom stereocenters. The minimum atomic E-state index is -2.67. The second-order valence-electron chi connectivity index (χ2n) is 5.80. The van der Waals surface area contributed by atoms with Gasteiger partial charge in [-0.2, -0.15) is 0 Å². The first-order chi connectivity index (χ1) is 9.86. The van der Waals surface area contributed by atoms with E-state index in [0.29, 0.717) is 13.2 Å². The second kappa shape index (κ2) is 7.29. The Labute approximate surface area is 129 Å². The van der Waals surface area contributed by atoms with Crippen LogP contribution in [0.25, 0.3) is 0 Å². The highest BCUT2D eigenvalue weighted by Crippen LogP contribution is 2.39. The molecule has 0 fully saturated rings. The molecule has 1 rings (SSSR count). The van der Waals surface area contributed by atoms with Crippen molar-refractivity contribution in [2.75, 3.05) is 27.4 Å². The predicted molar refractivity (Wildman–Crippen MR) is 87.9 cm³/mol. The standard InChI is InChI=1S/C16H28O4Si/c1-8-19-13-10-11-14(20-9-2)15(12-13)21(17-6,18-7)16(3,4)5/h10-12H,8-9H2,1-7H3. The highest BCUT2D eigenvalue weighted by atomic mass is 28.4. The van der Waals surface area contributed by atoms with Gasteiger partial charge in [-0.1, -0.05) is 20.8 Å². The summed E-state index contributed by atoms with van der Waals surface area (Å²) in [6.45, 7) is 11.6. The highest BCUT2D eigenvalue weighted by Gasteiger charge is 2.52. The molecule has 0 aliphatic heterocycles. The van der Waals surface area contributed by atoms with E-state index in [1.807, 2.05) is 32.0 Å². The molecule has 0 spiro atoms. The van der Waals surface area contributed by atoms with Crippen molar-refractivity contribution in [3.63, 3.8) is 0 Å². The molecule has 0 radical (unpaired) electrons. The smallest absolute Gasteiger partial charge is 0.381 e. The number of benzene rings is 1. The third-order valence-corrected chi connectivity index (χ3v) is 7.70. The highest BCUT2D eigenvalue weighted by molar-refractivity contribution is 6.84. The quantitative estimate of drug-likeness (QED) is 0.724. The number of ether oxygens (including phenoxy) is 2. The first-order valence-electron chi connectivity index (χ1n) is 7.36. The van der Waals surface area contributed by atoms with Gasteiger partial charge >= 0.3 is 8.56 Å². The summed E-state index contributed by atoms with van der Waals surface area (Å²) in [4.78, 5) is 0. The van der Waals surface area contributed by atoms with Crippen LogP contribution >= 0.6 is 0 Å². The number of hydrogen-bond donors (Lipinski definition) is 0. The Morgan fingerprint density at radius 1 is 0.952 bits per heavy atom. The van der Waals surface area contributed by atoms with Crippen LogP contribution in [0.5, 0.6) is 11.5 Å². The first-order valence-corrected chi connectivity index (χ1v) is 9.18. The minimum Gasteiger partial charge on any atom is -0.494 e. The molecule has 1 aromatic rings. The largest absolute Gasteiger partial charge is 0.494 e. The van der Waals surface area contributed by atoms with Crippen molar-refractivity contribution in [2.24, 2.45) is 0 Å². The first kappa shape index (κ1) is 18.0. The van der Waals surface area contributed by atoms with Gasteiger partial charge in [-0.15, -0.1) is 0 Å². The summed E-state index contributed by atoms with van der Waals surface area (Å²) in [5.74, 6) is 1.62. The zero-order valence-electron chi connectivity index (χ0n) is 14.3. The van der Waals surface area contributed by atoms with Gasteiger partial charge in [0.1, 0.15) is 11.5 Å². The molecule has 120 valence electrons. The summed E-state index contributed by atoms with van der Waals surface area (Å²) in [5.41, 5.74) is 0. The van der Waals surface area contributed by atoms with Crippen LogP contribution in [0.1, 0.15) is 34.6 Å². The van der Waals surface area contributed by atoms with Crippen LogP contribution in [-0.2, 0) is 8.85 Å². The van der Waals surface area contributed by atoms with E-state index in [2.05, 4.69) is 20.8 Å². The molecule has 1 aromatic carbocycles. The molecule has 0 aliphatic carbocycles. The van der Waals surface area contributed by atoms with Gasteiger partial charge in [0.25, 0.3) is 0 Å². The molecule has 0 aliphatic rings. The van der Waals surface area contributed by atoms with Crippen LogP contribution in [0.2, 0.25) is 5.04 Å². The van der Waals surface area contributed by atoms with E-state index >= 15 is 0 Å². The predicted octanol–water partition coefficient (Wildman–Crippen LogP) is 3.23. The molecule has 5 heteroatoms. The van der Waals surface area contributed by atoms with Crippen molar-refractivity contribution in [1.82, 2.24) is 0 Å². The maximum Gasteiger partial charge on any atom is 0.381 e. The van der Waals surface area contributed by atoms with Crippen molar-refractivity contribution in [3.05, 3.63) is 18.2 Å². The van der Waals surface area contributed by atoms with E-state index in [9.17, 15) is 0 Å². The fourth-order valence-electron chi connectivity index (χ4n) is 2.62. The molecule has 0 unspecified atom stereocenters. The maximum atomic E-state index is 5.94. The number of hydrogen-bond acceptors (Lipinski definition) is 4. The van der Waals surface area contributed by atoms with Gasteiger partial charge in [0.05, 0.1) is 13.2 Å². The minimum absolute atomic E-state index is 0.146. The molecule has 0 saturated carbocycles. The third-order valence-electron chi connectivity index (χ3n) is 3.48. The molecule has 4 nitrogen and oxygen atoms in total. The van der Waals surface area contributed by atoms with E-state index in [4.69, 9.17) is 18.3 Å². The van der Waals surface area contributed by atoms with E-state index in [0.717, 1.165) is 16.7 Å². The van der Waals surface area contributed by atoms with Crippen LogP contribution in [-0.4, -0.2) is 36.0 Å². The molecule has 21 heavy (non-hydrogen) atoms. The lowest BCUT2D eigenvalue weighted by Crippen LogP contribution is -2.59. The van der Waals surface area contributed by atoms with Gasteiger partial charge in [-0.05, 0) is 32.0 Å². The summed E-state index contributed by atoms with van der Waals surface area (Å²) in [6.07, 6.45) is 0. The van der Waals surface area contributed by atoms with Crippen molar-refractivity contribution in [1.29, 1.82) is 0 Å². The summed E-state index contributed by atoms with van der Waals surface area (Å²) < 4.78 is 23.3. The Hall–Kier alpha value is -1.04. The van der Waals surface area contributed by atoms with Crippen molar-refractivity contribution < 1.29 is 18.3 Å². The van der Waals surface area contributed by atoms with Gasteiger partial charge in [0.2, 0.25) is 0 Å². The van der Waals surface area contributed by atoms with Crippen LogP contribution in [0, 0.1) is 0 Å². The Bertz CT molecular complexity index is 450. The molecular weight excluding hydrogens is 284 g/mol. The molecule has 0 N–H and O–H groups in total. The van der Waals surface area contributed by atoms with Crippen LogP contribution in [0.15, 0.2) is 18.2 Å². The van der Waals surface area contributed by atoms with Crippen molar-refractivity contribution in [2.45, 2.75) is 39.7 Å². The Morgan fingerprint density at radius 2 is 1.52 bits per heavy atom. The van der Waals surface area contributed by atoms with Gasteiger partial charge in [0.15, 0.2) is 0 Å². The molecule has 0 bridgehead atoms. The number of rotatable bonds is 7. The van der Waals surface area contributed by atoms with Crippen LogP contribution < -0.4 is 14.7 Å². The average molecular weight is 312 g/mol. The molecule has 0 amide bonds. The lowest BCUT2D eigenvalue weighted by atomic mass is 10.2. The Kier molecular flexibility index (Phi) is 6.25. The zero-order chi connectivity index (χ0) is 16.1. The Morgan fingerprint density at radius 3 is 1.95 bits per heavy atom. The summed E-state index contributed by atoms with van der Waals surface area (Å²) in [7, 11) is 0.756. The molecule has 0 saturated heterocycles. The Balaban J connectivity index is 3.49. The molecule has 0 heterocycles. The van der Waals surface area contributed by atoms with E-state index in [1.165, 1.54) is 0 Å². The van der Waals surface area contributed by atoms with Crippen LogP contribution in [0.3, 0.4) is 0 Å². The maximum absolute atomic E-state index is 5.94. The van der Waals surface area contributed by atoms with E-state index in [1.54, 1.807) is 14.2 Å². The zero-order valence-corrected chi connectivity index (χ0v) is 15.3. The van der Waals surface area contributed by atoms with Gasteiger partial charge in [-0.25, -0.2) is 0 Å². The normalized spacial score (nSPS) is 12.3. The van der Waals surface area contributed by atoms with E-state index in [-0.39, 0.29) is 5.04 Å². The monoisotopic (exact) mass is 312 g/mol. The van der Waals surface area contributed by atoms with Crippen molar-refractivity contribution in [3.8, 4) is 11.5 Å². The molecule has 0 aromatic heterocycles. The molecular formula is C16H28O4Si. The lowest BCUT2D eigenvalue weighted by molar-refractivity contribution is 0.228. The van der Waals surface area contributed by atoms with Crippen molar-refractivity contribution >= 4 is 13.7 Å². The van der Waals surface area contributed by atoms with Crippen LogP contribution in [0.4, 0.5) is 0 Å². The van der Waals surface area contributed by atoms with Gasteiger partial charge in [-0.3, -0.25) is 0 Å². The van der Waals surface area contributed by atoms with Gasteiger partial charge < -0.3 is 18.3 Å². The summed E-state index contributed by atoms with van der Waals surface area (Å²) in [6, 6.07) is 5.86. The lowest BCUT2D eigenvalue weighted by Gasteiger charge is -2.39. The second-order valence-corrected chi connectivity index (χ2v) is 9.89. The topological polar surface area (TPSA) is 36.9 Å². The fourth-order valence-corrected chi connectivity index (χ4v) is 6.08. The van der Waals surface area contributed by atoms with E-state index < -0.39 is 8.56 Å². The summed E-state index contributed by atoms with van der Waals surface area (Å²) >= 11 is 0.